The molecule has 0 aliphatic carbocycles. The molecule has 0 amide bonds. The molecule has 6 rings (SSSR count). The Bertz CT molecular complexity index is 1580. The van der Waals surface area contributed by atoms with Gasteiger partial charge in [-0.15, -0.1) is 0 Å². The van der Waals surface area contributed by atoms with Crippen molar-refractivity contribution in [1.82, 2.24) is 25.1 Å². The largest absolute Gasteiger partial charge is 0.354 e. The number of aromatic nitrogens is 5. The summed E-state index contributed by atoms with van der Waals surface area (Å²) >= 11 is 0. The van der Waals surface area contributed by atoms with E-state index in [4.69, 9.17) is 0 Å². The molecule has 33 heavy (non-hydrogen) atoms. The van der Waals surface area contributed by atoms with Gasteiger partial charge in [0.2, 0.25) is 0 Å². The van der Waals surface area contributed by atoms with Crippen LogP contribution in [0.25, 0.3) is 50.0 Å². The molecule has 6 heteroatoms. The van der Waals surface area contributed by atoms with Crippen LogP contribution in [-0.4, -0.2) is 25.1 Å². The lowest BCUT2D eigenvalue weighted by Gasteiger charge is -2.11. The second kappa shape index (κ2) is 7.76. The minimum absolute atomic E-state index is 0.829. The van der Waals surface area contributed by atoms with Crippen molar-refractivity contribution in [3.05, 3.63) is 104 Å². The first kappa shape index (κ1) is 19.0. The van der Waals surface area contributed by atoms with Crippen molar-refractivity contribution < 1.29 is 0 Å². The molecular weight excluding hydrogens is 408 g/mol. The van der Waals surface area contributed by atoms with Gasteiger partial charge in [0.05, 0.1) is 34.8 Å². The van der Waals surface area contributed by atoms with Gasteiger partial charge < -0.3 is 10.3 Å². The van der Waals surface area contributed by atoms with Gasteiger partial charge in [-0.3, -0.25) is 15.1 Å². The molecule has 0 saturated heterocycles. The zero-order valence-corrected chi connectivity index (χ0v) is 17.7. The van der Waals surface area contributed by atoms with Crippen LogP contribution in [0.5, 0.6) is 0 Å². The predicted octanol–water partition coefficient (Wildman–Crippen LogP) is 6.25. The number of benzene rings is 2. The quantitative estimate of drug-likeness (QED) is 0.303. The van der Waals surface area contributed by atoms with Crippen LogP contribution < -0.4 is 5.32 Å². The van der Waals surface area contributed by atoms with E-state index in [0.29, 0.717) is 0 Å². The van der Waals surface area contributed by atoms with Crippen LogP contribution in [0.3, 0.4) is 0 Å². The van der Waals surface area contributed by atoms with Crippen LogP contribution in [0.15, 0.2) is 98.1 Å². The zero-order valence-electron chi connectivity index (χ0n) is 17.7. The lowest BCUT2D eigenvalue weighted by molar-refractivity contribution is 1.12. The Morgan fingerprint density at radius 3 is 2.61 bits per heavy atom. The maximum absolute atomic E-state index is 4.57. The molecule has 2 aromatic carbocycles. The first-order valence-electron chi connectivity index (χ1n) is 10.6. The number of nitrogens with zero attached hydrogens (tertiary/aromatic N) is 3. The summed E-state index contributed by atoms with van der Waals surface area (Å²) in [5.41, 5.74) is 8.62. The minimum Gasteiger partial charge on any atom is -0.354 e. The molecule has 0 spiro atoms. The molecule has 0 saturated carbocycles. The molecule has 6 nitrogen and oxygen atoms in total. The fourth-order valence-electron chi connectivity index (χ4n) is 4.05. The second-order valence-electron chi connectivity index (χ2n) is 7.91. The van der Waals surface area contributed by atoms with Crippen LogP contribution >= 0.6 is 0 Å². The second-order valence-corrected chi connectivity index (χ2v) is 7.91. The fourth-order valence-corrected chi connectivity index (χ4v) is 4.05. The molecule has 158 valence electrons. The summed E-state index contributed by atoms with van der Waals surface area (Å²) in [6.07, 6.45) is 7.29. The van der Waals surface area contributed by atoms with Crippen molar-refractivity contribution >= 4 is 33.2 Å². The van der Waals surface area contributed by atoms with E-state index in [1.54, 1.807) is 12.4 Å². The molecule has 0 fully saturated rings. The molecule has 0 unspecified atom stereocenters. The number of pyridine rings is 2. The highest BCUT2D eigenvalue weighted by Gasteiger charge is 2.13. The van der Waals surface area contributed by atoms with Gasteiger partial charge in [0.25, 0.3) is 0 Å². The van der Waals surface area contributed by atoms with Crippen LogP contribution in [0, 0.1) is 0 Å². The zero-order chi connectivity index (χ0) is 22.2. The van der Waals surface area contributed by atoms with E-state index in [0.717, 1.165) is 61.3 Å². The van der Waals surface area contributed by atoms with E-state index in [2.05, 4.69) is 61.3 Å². The number of nitrogens with one attached hydrogen (secondary N) is 3. The molecule has 0 aliphatic rings. The fraction of sp³-hybridized carbons (Fsp3) is 0. The monoisotopic (exact) mass is 428 g/mol. The minimum atomic E-state index is 0.829. The normalized spacial score (nSPS) is 11.2. The van der Waals surface area contributed by atoms with Crippen molar-refractivity contribution in [2.24, 2.45) is 0 Å². The highest BCUT2D eigenvalue weighted by molar-refractivity contribution is 5.97. The molecule has 6 aromatic rings. The first-order chi connectivity index (χ1) is 16.2. The van der Waals surface area contributed by atoms with Gasteiger partial charge in [0.1, 0.15) is 5.69 Å². The third-order valence-corrected chi connectivity index (χ3v) is 5.73. The Balaban J connectivity index is 1.36. The van der Waals surface area contributed by atoms with Crippen molar-refractivity contribution in [3.63, 3.8) is 0 Å². The number of anilines is 1. The van der Waals surface area contributed by atoms with E-state index >= 15 is 0 Å². The Morgan fingerprint density at radius 1 is 0.818 bits per heavy atom. The van der Waals surface area contributed by atoms with Gasteiger partial charge in [-0.25, -0.2) is 0 Å². The van der Waals surface area contributed by atoms with Crippen molar-refractivity contribution in [3.8, 4) is 22.5 Å². The molecule has 4 heterocycles. The third kappa shape index (κ3) is 3.53. The van der Waals surface area contributed by atoms with Crippen LogP contribution in [-0.2, 0) is 0 Å². The Labute approximate surface area is 190 Å². The van der Waals surface area contributed by atoms with E-state index in [-0.39, 0.29) is 0 Å². The highest BCUT2D eigenvalue weighted by atomic mass is 15.1. The topological polar surface area (TPSA) is 82.3 Å². The number of H-pyrrole nitrogens is 2. The van der Waals surface area contributed by atoms with Gasteiger partial charge in [-0.05, 0) is 41.5 Å². The Morgan fingerprint density at radius 2 is 1.73 bits per heavy atom. The van der Waals surface area contributed by atoms with E-state index in [1.165, 1.54) is 0 Å². The summed E-state index contributed by atoms with van der Waals surface area (Å²) in [4.78, 5) is 12.1. The van der Waals surface area contributed by atoms with Gasteiger partial charge >= 0.3 is 0 Å². The summed E-state index contributed by atoms with van der Waals surface area (Å²) < 4.78 is 0. The smallest absolute Gasteiger partial charge is 0.116 e. The molecule has 0 atom stereocenters. The lowest BCUT2D eigenvalue weighted by atomic mass is 10.0. The average Bonchev–Trinajstić information content (AvgIpc) is 3.48. The maximum atomic E-state index is 4.57. The number of hydrogen-bond acceptors (Lipinski definition) is 4. The molecular formula is C27H20N6. The standard InChI is InChI=1S/C27H20N6/c1-17(18-5-3-2-4-6-18)30-22-11-21(14-29-15-22)19-7-8-24-23(12-19)27(33-32-24)25-13-20-9-10-28-16-26(20)31-25/h2-16,30-31H,1H2,(H,32,33). The summed E-state index contributed by atoms with van der Waals surface area (Å²) in [6.45, 7) is 4.16. The van der Waals surface area contributed by atoms with Gasteiger partial charge in [-0.1, -0.05) is 43.0 Å². The SMILES string of the molecule is C=C(Nc1cncc(-c2ccc3[nH]nc(-c4cc5ccncc5[nH]4)c3c2)c1)c1ccccc1. The maximum Gasteiger partial charge on any atom is 0.116 e. The average molecular weight is 428 g/mol. The van der Waals surface area contributed by atoms with Gasteiger partial charge in [0.15, 0.2) is 0 Å². The summed E-state index contributed by atoms with van der Waals surface area (Å²) in [6, 6.07) is 22.5. The van der Waals surface area contributed by atoms with Crippen LogP contribution in [0.4, 0.5) is 5.69 Å². The van der Waals surface area contributed by atoms with E-state index in [1.807, 2.05) is 54.9 Å². The molecule has 0 radical (unpaired) electrons. The number of aromatic amines is 2. The lowest BCUT2D eigenvalue weighted by Crippen LogP contribution is -1.98. The number of rotatable bonds is 5. The Kier molecular flexibility index (Phi) is 4.47. The van der Waals surface area contributed by atoms with Gasteiger partial charge in [-0.2, -0.15) is 5.10 Å². The summed E-state index contributed by atoms with van der Waals surface area (Å²) in [5, 5.41) is 13.2. The van der Waals surface area contributed by atoms with Crippen LogP contribution in [0.1, 0.15) is 5.56 Å². The van der Waals surface area contributed by atoms with Crippen molar-refractivity contribution in [2.75, 3.05) is 5.32 Å². The molecule has 3 N–H and O–H groups in total. The third-order valence-electron chi connectivity index (χ3n) is 5.73. The van der Waals surface area contributed by atoms with Crippen molar-refractivity contribution in [2.45, 2.75) is 0 Å². The first-order valence-corrected chi connectivity index (χ1v) is 10.6. The Hall–Kier alpha value is -4.71. The summed E-state index contributed by atoms with van der Waals surface area (Å²) in [7, 11) is 0. The highest BCUT2D eigenvalue weighted by Crippen LogP contribution is 2.32. The van der Waals surface area contributed by atoms with E-state index < -0.39 is 0 Å². The predicted molar refractivity (Wildman–Crippen MR) is 134 cm³/mol. The summed E-state index contributed by atoms with van der Waals surface area (Å²) in [5.74, 6) is 0. The molecule has 0 aliphatic heterocycles. The number of fused-ring (bicyclic) bond motifs is 2. The molecule has 0 bridgehead atoms. The van der Waals surface area contributed by atoms with E-state index in [9.17, 15) is 0 Å². The van der Waals surface area contributed by atoms with Gasteiger partial charge in [0, 0.05) is 34.4 Å². The van der Waals surface area contributed by atoms with Crippen molar-refractivity contribution in [1.29, 1.82) is 0 Å². The van der Waals surface area contributed by atoms with Crippen LogP contribution in [0.2, 0.25) is 0 Å². The molecule has 4 aromatic heterocycles. The number of hydrogen-bond donors (Lipinski definition) is 3.